The number of furan rings is 1. The number of alkyl halides is 3. The largest absolute Gasteiger partial charge is 0.485 e. The minimum absolute atomic E-state index is 0.0956. The molecule has 0 radical (unpaired) electrons. The minimum Gasteiger partial charge on any atom is -0.485 e. The van der Waals surface area contributed by atoms with Crippen LogP contribution in [0, 0.1) is 0 Å². The van der Waals surface area contributed by atoms with Crippen molar-refractivity contribution in [3.63, 3.8) is 0 Å². The second-order valence-electron chi connectivity index (χ2n) is 4.79. The summed E-state index contributed by atoms with van der Waals surface area (Å²) in [5, 5.41) is 0.780. The fourth-order valence-corrected chi connectivity index (χ4v) is 2.16. The van der Waals surface area contributed by atoms with Gasteiger partial charge in [-0.05, 0) is 36.4 Å². The predicted molar refractivity (Wildman–Crippen MR) is 76.4 cm³/mol. The van der Waals surface area contributed by atoms with E-state index in [1.165, 1.54) is 18.2 Å². The number of para-hydroxylation sites is 1. The van der Waals surface area contributed by atoms with E-state index >= 15 is 0 Å². The Bertz CT molecular complexity index is 809. The number of rotatable bonds is 3. The van der Waals surface area contributed by atoms with Crippen molar-refractivity contribution >= 4 is 16.7 Å². The third-order valence-electron chi connectivity index (χ3n) is 3.15. The van der Waals surface area contributed by atoms with Gasteiger partial charge in [0.2, 0.25) is 0 Å². The predicted octanol–water partition coefficient (Wildman–Crippen LogP) is 4.61. The molecule has 0 unspecified atom stereocenters. The van der Waals surface area contributed by atoms with Crippen LogP contribution in [-0.2, 0) is 12.8 Å². The van der Waals surface area contributed by atoms with Crippen molar-refractivity contribution in [1.82, 2.24) is 0 Å². The fraction of sp³-hybridized carbons (Fsp3) is 0.125. The topological polar surface area (TPSA) is 48.4 Å². The molecule has 114 valence electrons. The van der Waals surface area contributed by atoms with E-state index in [0.717, 1.165) is 11.5 Å². The number of ether oxygens (including phenoxy) is 1. The van der Waals surface area contributed by atoms with Gasteiger partial charge in [0.25, 0.3) is 0 Å². The smallest absolute Gasteiger partial charge is 0.419 e. The minimum atomic E-state index is -4.46. The van der Waals surface area contributed by atoms with Crippen molar-refractivity contribution in [2.24, 2.45) is 0 Å². The van der Waals surface area contributed by atoms with Crippen LogP contribution < -0.4 is 10.5 Å². The van der Waals surface area contributed by atoms with Gasteiger partial charge in [-0.2, -0.15) is 13.2 Å². The normalized spacial score (nSPS) is 11.8. The molecule has 0 saturated carbocycles. The Morgan fingerprint density at radius 3 is 2.59 bits per heavy atom. The summed E-state index contributed by atoms with van der Waals surface area (Å²) >= 11 is 0. The van der Waals surface area contributed by atoms with Crippen molar-refractivity contribution in [3.05, 3.63) is 59.9 Å². The van der Waals surface area contributed by atoms with Gasteiger partial charge >= 0.3 is 6.18 Å². The number of halogens is 3. The lowest BCUT2D eigenvalue weighted by atomic mass is 10.2. The van der Waals surface area contributed by atoms with Crippen LogP contribution in [0.1, 0.15) is 11.3 Å². The maximum Gasteiger partial charge on any atom is 0.419 e. The van der Waals surface area contributed by atoms with Gasteiger partial charge in [0.15, 0.2) is 0 Å². The zero-order valence-corrected chi connectivity index (χ0v) is 11.4. The summed E-state index contributed by atoms with van der Waals surface area (Å²) in [7, 11) is 0. The first-order chi connectivity index (χ1) is 10.4. The van der Waals surface area contributed by atoms with Gasteiger partial charge in [-0.3, -0.25) is 0 Å². The Balaban J connectivity index is 1.82. The SMILES string of the molecule is Nc1ccc2oc(COc3ccccc3C(F)(F)F)cc2c1. The second-order valence-corrected chi connectivity index (χ2v) is 4.79. The third kappa shape index (κ3) is 2.86. The summed E-state index contributed by atoms with van der Waals surface area (Å²) in [6.07, 6.45) is -4.46. The maximum atomic E-state index is 12.9. The summed E-state index contributed by atoms with van der Waals surface area (Å²) in [4.78, 5) is 0. The van der Waals surface area contributed by atoms with E-state index in [1.807, 2.05) is 0 Å². The van der Waals surface area contributed by atoms with Crippen molar-refractivity contribution in [1.29, 1.82) is 0 Å². The summed E-state index contributed by atoms with van der Waals surface area (Å²) in [5.41, 5.74) is 6.05. The average molecular weight is 307 g/mol. The highest BCUT2D eigenvalue weighted by molar-refractivity contribution is 5.81. The zero-order valence-electron chi connectivity index (χ0n) is 11.4. The number of nitrogen functional groups attached to an aromatic ring is 1. The molecule has 0 aliphatic heterocycles. The van der Waals surface area contributed by atoms with E-state index in [0.29, 0.717) is 17.0 Å². The molecule has 3 aromatic rings. The number of fused-ring (bicyclic) bond motifs is 1. The third-order valence-corrected chi connectivity index (χ3v) is 3.15. The molecule has 2 N–H and O–H groups in total. The molecule has 0 spiro atoms. The number of anilines is 1. The van der Waals surface area contributed by atoms with E-state index in [9.17, 15) is 13.2 Å². The van der Waals surface area contributed by atoms with Gasteiger partial charge in [0.05, 0.1) is 5.56 Å². The lowest BCUT2D eigenvalue weighted by Gasteiger charge is -2.12. The van der Waals surface area contributed by atoms with Crippen LogP contribution >= 0.6 is 0 Å². The molecule has 0 amide bonds. The maximum absolute atomic E-state index is 12.9. The van der Waals surface area contributed by atoms with Gasteiger partial charge in [0.1, 0.15) is 23.7 Å². The molecule has 0 aliphatic rings. The lowest BCUT2D eigenvalue weighted by molar-refractivity contribution is -0.139. The van der Waals surface area contributed by atoms with Crippen LogP contribution in [0.2, 0.25) is 0 Å². The van der Waals surface area contributed by atoms with Gasteiger partial charge < -0.3 is 14.9 Å². The van der Waals surface area contributed by atoms with Crippen LogP contribution in [0.3, 0.4) is 0 Å². The number of hydrogen-bond acceptors (Lipinski definition) is 3. The molecular formula is C16H12F3NO2. The van der Waals surface area contributed by atoms with Crippen molar-refractivity contribution < 1.29 is 22.3 Å². The monoisotopic (exact) mass is 307 g/mol. The average Bonchev–Trinajstić information content (AvgIpc) is 2.86. The standard InChI is InChI=1S/C16H12F3NO2/c17-16(18,19)13-3-1-2-4-15(13)21-9-12-8-10-7-11(20)5-6-14(10)22-12/h1-8H,9,20H2. The molecule has 0 atom stereocenters. The highest BCUT2D eigenvalue weighted by Gasteiger charge is 2.34. The second kappa shape index (κ2) is 5.29. The van der Waals surface area contributed by atoms with Crippen molar-refractivity contribution in [2.75, 3.05) is 5.73 Å². The highest BCUT2D eigenvalue weighted by Crippen LogP contribution is 2.36. The first-order valence-corrected chi connectivity index (χ1v) is 6.50. The lowest BCUT2D eigenvalue weighted by Crippen LogP contribution is -2.08. The van der Waals surface area contributed by atoms with Crippen LogP contribution in [0.25, 0.3) is 11.0 Å². The Morgan fingerprint density at radius 2 is 1.82 bits per heavy atom. The van der Waals surface area contributed by atoms with Crippen LogP contribution in [-0.4, -0.2) is 0 Å². The summed E-state index contributed by atoms with van der Waals surface area (Å²) < 4.78 is 49.4. The molecular weight excluding hydrogens is 295 g/mol. The molecule has 2 aromatic carbocycles. The quantitative estimate of drug-likeness (QED) is 0.719. The van der Waals surface area contributed by atoms with E-state index in [2.05, 4.69) is 0 Å². The first kappa shape index (κ1) is 14.3. The molecule has 1 aromatic heterocycles. The van der Waals surface area contributed by atoms with E-state index in [4.69, 9.17) is 14.9 Å². The Morgan fingerprint density at radius 1 is 1.05 bits per heavy atom. The Hall–Kier alpha value is -2.63. The van der Waals surface area contributed by atoms with Gasteiger partial charge in [-0.15, -0.1) is 0 Å². The van der Waals surface area contributed by atoms with Crippen LogP contribution in [0.15, 0.2) is 52.9 Å². The molecule has 0 aliphatic carbocycles. The van der Waals surface area contributed by atoms with E-state index in [1.54, 1.807) is 24.3 Å². The van der Waals surface area contributed by atoms with Crippen molar-refractivity contribution in [2.45, 2.75) is 12.8 Å². The molecule has 0 bridgehead atoms. The molecule has 0 saturated heterocycles. The Labute approximate surface area is 124 Å². The number of nitrogens with two attached hydrogens (primary N) is 1. The molecule has 3 rings (SSSR count). The van der Waals surface area contributed by atoms with E-state index < -0.39 is 11.7 Å². The van der Waals surface area contributed by atoms with Crippen LogP contribution in [0.4, 0.5) is 18.9 Å². The fourth-order valence-electron chi connectivity index (χ4n) is 2.16. The van der Waals surface area contributed by atoms with Gasteiger partial charge in [-0.25, -0.2) is 0 Å². The van der Waals surface area contributed by atoms with Crippen molar-refractivity contribution in [3.8, 4) is 5.75 Å². The summed E-state index contributed by atoms with van der Waals surface area (Å²) in [6, 6.07) is 11.9. The molecule has 0 fully saturated rings. The highest BCUT2D eigenvalue weighted by atomic mass is 19.4. The summed E-state index contributed by atoms with van der Waals surface area (Å²) in [6.45, 7) is -0.0956. The summed E-state index contributed by atoms with van der Waals surface area (Å²) in [5.74, 6) is 0.201. The molecule has 1 heterocycles. The number of benzene rings is 2. The van der Waals surface area contributed by atoms with Gasteiger partial charge in [0, 0.05) is 11.1 Å². The Kier molecular flexibility index (Phi) is 3.44. The molecule has 6 heteroatoms. The molecule has 22 heavy (non-hydrogen) atoms. The zero-order chi connectivity index (χ0) is 15.7. The first-order valence-electron chi connectivity index (χ1n) is 6.50. The van der Waals surface area contributed by atoms with Crippen LogP contribution in [0.5, 0.6) is 5.75 Å². The van der Waals surface area contributed by atoms with Gasteiger partial charge in [-0.1, -0.05) is 12.1 Å². The number of hydrogen-bond donors (Lipinski definition) is 1. The molecule has 3 nitrogen and oxygen atoms in total. The van der Waals surface area contributed by atoms with E-state index in [-0.39, 0.29) is 12.4 Å².